The third kappa shape index (κ3) is 9.30. The van der Waals surface area contributed by atoms with Crippen molar-refractivity contribution in [2.75, 3.05) is 31.2 Å². The van der Waals surface area contributed by atoms with Crippen LogP contribution < -0.4 is 9.64 Å². The topological polar surface area (TPSA) is 131 Å². The SMILES string of the molecule is CCCCCOc1ccc2c(c1)C(CCn1ccnc1)CN2CCC(=O)OCC.O=C(O)C(=O)O. The minimum Gasteiger partial charge on any atom is -0.494 e. The molecule has 1 aliphatic rings. The van der Waals surface area contributed by atoms with E-state index in [9.17, 15) is 4.79 Å². The molecule has 0 saturated carbocycles. The Hall–Kier alpha value is -3.56. The van der Waals surface area contributed by atoms with Gasteiger partial charge in [-0.15, -0.1) is 0 Å². The van der Waals surface area contributed by atoms with Crippen molar-refractivity contribution in [2.45, 2.75) is 58.4 Å². The Balaban J connectivity index is 0.000000641. The van der Waals surface area contributed by atoms with Gasteiger partial charge in [0.2, 0.25) is 0 Å². The molecule has 1 aliphatic heterocycles. The first-order chi connectivity index (χ1) is 16.8. The highest BCUT2D eigenvalue weighted by atomic mass is 16.5. The van der Waals surface area contributed by atoms with E-state index in [2.05, 4.69) is 39.6 Å². The molecule has 2 N–H and O–H groups in total. The van der Waals surface area contributed by atoms with Crippen LogP contribution in [0.25, 0.3) is 0 Å². The lowest BCUT2D eigenvalue weighted by Gasteiger charge is -2.19. The number of rotatable bonds is 12. The molecule has 1 unspecified atom stereocenters. The number of nitrogens with zero attached hydrogens (tertiary/aromatic N) is 3. The van der Waals surface area contributed by atoms with Gasteiger partial charge in [0.05, 0.1) is 26.0 Å². The van der Waals surface area contributed by atoms with Crippen LogP contribution in [0.4, 0.5) is 5.69 Å². The molecule has 1 aromatic heterocycles. The maximum atomic E-state index is 11.8. The van der Waals surface area contributed by atoms with Gasteiger partial charge in [0.15, 0.2) is 0 Å². The van der Waals surface area contributed by atoms with Crippen molar-refractivity contribution in [1.82, 2.24) is 9.55 Å². The molecule has 10 heteroatoms. The lowest BCUT2D eigenvalue weighted by atomic mass is 9.97. The highest BCUT2D eigenvalue weighted by Crippen LogP contribution is 2.40. The quantitative estimate of drug-likeness (QED) is 0.261. The summed E-state index contributed by atoms with van der Waals surface area (Å²) >= 11 is 0. The molecule has 192 valence electrons. The predicted octanol–water partition coefficient (Wildman–Crippen LogP) is 3.55. The Morgan fingerprint density at radius 1 is 1.11 bits per heavy atom. The first-order valence-corrected chi connectivity index (χ1v) is 11.9. The van der Waals surface area contributed by atoms with Gasteiger partial charge < -0.3 is 29.2 Å². The molecular formula is C25H35N3O7. The van der Waals surface area contributed by atoms with Crippen LogP contribution in [-0.4, -0.2) is 64.0 Å². The minimum absolute atomic E-state index is 0.133. The van der Waals surface area contributed by atoms with Crippen LogP contribution in [-0.2, 0) is 25.7 Å². The van der Waals surface area contributed by atoms with Crippen molar-refractivity contribution in [3.8, 4) is 5.75 Å². The van der Waals surface area contributed by atoms with Gasteiger partial charge in [-0.05, 0) is 43.5 Å². The molecule has 0 saturated heterocycles. The van der Waals surface area contributed by atoms with Gasteiger partial charge in [-0.3, -0.25) is 4.79 Å². The lowest BCUT2D eigenvalue weighted by Crippen LogP contribution is -2.25. The normalized spacial score (nSPS) is 14.0. The average molecular weight is 490 g/mol. The van der Waals surface area contributed by atoms with E-state index >= 15 is 0 Å². The number of aryl methyl sites for hydroxylation is 1. The fourth-order valence-electron chi connectivity index (χ4n) is 3.88. The number of esters is 1. The van der Waals surface area contributed by atoms with Crippen molar-refractivity contribution >= 4 is 23.6 Å². The molecular weight excluding hydrogens is 454 g/mol. The molecule has 0 fully saturated rings. The number of carbonyl (C=O) groups is 3. The number of imidazole rings is 1. The second-order valence-electron chi connectivity index (χ2n) is 8.17. The summed E-state index contributed by atoms with van der Waals surface area (Å²) in [5.74, 6) is -2.43. The minimum atomic E-state index is -1.82. The molecule has 10 nitrogen and oxygen atoms in total. The maximum absolute atomic E-state index is 11.8. The number of ether oxygens (including phenoxy) is 2. The van der Waals surface area contributed by atoms with Crippen molar-refractivity contribution in [1.29, 1.82) is 0 Å². The van der Waals surface area contributed by atoms with Crippen molar-refractivity contribution in [3.05, 3.63) is 42.5 Å². The van der Waals surface area contributed by atoms with E-state index in [4.69, 9.17) is 29.3 Å². The molecule has 0 radical (unpaired) electrons. The molecule has 1 atom stereocenters. The zero-order valence-corrected chi connectivity index (χ0v) is 20.4. The molecule has 1 aromatic carbocycles. The number of hydrogen-bond acceptors (Lipinski definition) is 7. The number of aromatic nitrogens is 2. The summed E-state index contributed by atoms with van der Waals surface area (Å²) < 4.78 is 13.2. The van der Waals surface area contributed by atoms with Crippen LogP contribution >= 0.6 is 0 Å². The summed E-state index contributed by atoms with van der Waals surface area (Å²) in [6.07, 6.45) is 10.6. The van der Waals surface area contributed by atoms with Gasteiger partial charge in [-0.2, -0.15) is 0 Å². The number of carbonyl (C=O) groups excluding carboxylic acids is 1. The van der Waals surface area contributed by atoms with E-state index in [1.165, 1.54) is 24.1 Å². The number of carboxylic acid groups (broad SMARTS) is 2. The Morgan fingerprint density at radius 3 is 2.51 bits per heavy atom. The predicted molar refractivity (Wildman–Crippen MR) is 130 cm³/mol. The van der Waals surface area contributed by atoms with E-state index in [0.29, 0.717) is 25.5 Å². The van der Waals surface area contributed by atoms with Gasteiger partial charge in [0.1, 0.15) is 5.75 Å². The smallest absolute Gasteiger partial charge is 0.414 e. The number of benzene rings is 1. The maximum Gasteiger partial charge on any atom is 0.414 e. The number of carboxylic acids is 2. The molecule has 35 heavy (non-hydrogen) atoms. The van der Waals surface area contributed by atoms with Crippen LogP contribution in [0.15, 0.2) is 36.9 Å². The standard InChI is InChI=1S/C23H33N3O3.C2H2O4/c1-3-5-6-15-29-20-7-8-22-21(16-20)19(9-12-25-14-11-24-18-25)17-26(22)13-10-23(27)28-4-2;3-1(4)2(5)6/h7-8,11,14,16,18-19H,3-6,9-10,12-13,15,17H2,1-2H3;(H,3,4)(H,5,6). The van der Waals surface area contributed by atoms with Crippen molar-refractivity contribution in [3.63, 3.8) is 0 Å². The molecule has 0 bridgehead atoms. The number of unbranched alkanes of at least 4 members (excludes halogenated alkanes) is 2. The summed E-state index contributed by atoms with van der Waals surface area (Å²) in [5.41, 5.74) is 2.54. The van der Waals surface area contributed by atoms with E-state index in [1.54, 1.807) is 0 Å². The van der Waals surface area contributed by atoms with E-state index < -0.39 is 11.9 Å². The number of anilines is 1. The highest BCUT2D eigenvalue weighted by molar-refractivity contribution is 6.27. The summed E-state index contributed by atoms with van der Waals surface area (Å²) in [6, 6.07) is 6.40. The van der Waals surface area contributed by atoms with E-state index in [1.807, 2.05) is 25.6 Å². The molecule has 0 amide bonds. The van der Waals surface area contributed by atoms with E-state index in [0.717, 1.165) is 38.3 Å². The average Bonchev–Trinajstić information content (AvgIpc) is 3.47. The number of hydrogen-bond donors (Lipinski definition) is 2. The Labute approximate surface area is 205 Å². The Bertz CT molecular complexity index is 935. The van der Waals surface area contributed by atoms with Crippen molar-refractivity contribution in [2.24, 2.45) is 0 Å². The van der Waals surface area contributed by atoms with Gasteiger partial charge in [0, 0.05) is 43.6 Å². The zero-order chi connectivity index (χ0) is 25.6. The fourth-order valence-corrected chi connectivity index (χ4v) is 3.88. The van der Waals surface area contributed by atoms with Crippen LogP contribution in [0.5, 0.6) is 5.75 Å². The zero-order valence-electron chi connectivity index (χ0n) is 20.4. The van der Waals surface area contributed by atoms with Gasteiger partial charge in [0.25, 0.3) is 0 Å². The second kappa shape index (κ2) is 14.6. The van der Waals surface area contributed by atoms with Crippen molar-refractivity contribution < 1.29 is 34.1 Å². The summed E-state index contributed by atoms with van der Waals surface area (Å²) in [4.78, 5) is 36.5. The fraction of sp³-hybridized carbons (Fsp3) is 0.520. The largest absolute Gasteiger partial charge is 0.494 e. The first kappa shape index (κ1) is 27.7. The summed E-state index contributed by atoms with van der Waals surface area (Å²) in [5, 5.41) is 14.8. The monoisotopic (exact) mass is 489 g/mol. The lowest BCUT2D eigenvalue weighted by molar-refractivity contribution is -0.159. The third-order valence-corrected chi connectivity index (χ3v) is 5.61. The summed E-state index contributed by atoms with van der Waals surface area (Å²) in [7, 11) is 0. The van der Waals surface area contributed by atoms with Crippen LogP contribution in [0.2, 0.25) is 0 Å². The van der Waals surface area contributed by atoms with E-state index in [-0.39, 0.29) is 5.97 Å². The van der Waals surface area contributed by atoms with Gasteiger partial charge in [-0.25, -0.2) is 14.6 Å². The van der Waals surface area contributed by atoms with Crippen LogP contribution in [0.1, 0.15) is 57.4 Å². The molecule has 2 aromatic rings. The third-order valence-electron chi connectivity index (χ3n) is 5.61. The van der Waals surface area contributed by atoms with Crippen LogP contribution in [0, 0.1) is 0 Å². The molecule has 0 spiro atoms. The molecule has 0 aliphatic carbocycles. The number of aliphatic carboxylic acids is 2. The molecule has 3 rings (SSSR count). The van der Waals surface area contributed by atoms with Crippen LogP contribution in [0.3, 0.4) is 0 Å². The Kier molecular flexibility index (Phi) is 11.6. The molecule has 2 heterocycles. The Morgan fingerprint density at radius 2 is 1.89 bits per heavy atom. The second-order valence-corrected chi connectivity index (χ2v) is 8.17. The first-order valence-electron chi connectivity index (χ1n) is 11.9. The van der Waals surface area contributed by atoms with Gasteiger partial charge >= 0.3 is 17.9 Å². The van der Waals surface area contributed by atoms with Gasteiger partial charge in [-0.1, -0.05) is 19.8 Å². The highest BCUT2D eigenvalue weighted by Gasteiger charge is 2.29. The number of fused-ring (bicyclic) bond motifs is 1. The summed E-state index contributed by atoms with van der Waals surface area (Å²) in [6.45, 7) is 7.77.